The number of anilines is 1. The third kappa shape index (κ3) is 8.99. The zero-order valence-electron chi connectivity index (χ0n) is 27.3. The summed E-state index contributed by atoms with van der Waals surface area (Å²) in [4.78, 5) is 53.8. The van der Waals surface area contributed by atoms with E-state index >= 15 is 0 Å². The van der Waals surface area contributed by atoms with Crippen molar-refractivity contribution in [1.82, 2.24) is 30.8 Å². The molecule has 0 fully saturated rings. The Balaban J connectivity index is 1.80. The Hall–Kier alpha value is -3.75. The summed E-state index contributed by atoms with van der Waals surface area (Å²) < 4.78 is 0. The fourth-order valence-corrected chi connectivity index (χ4v) is 6.69. The molecule has 0 radical (unpaired) electrons. The van der Waals surface area contributed by atoms with Crippen molar-refractivity contribution in [1.29, 1.82) is 0 Å². The lowest BCUT2D eigenvalue weighted by molar-refractivity contribution is -0.142. The minimum Gasteiger partial charge on any atom is -0.363 e. The van der Waals surface area contributed by atoms with Crippen LogP contribution in [0.1, 0.15) is 37.3 Å². The van der Waals surface area contributed by atoms with Gasteiger partial charge in [0, 0.05) is 63.6 Å². The second-order valence-corrected chi connectivity index (χ2v) is 13.0. The number of hydrogen-bond donors (Lipinski definition) is 5. The first-order valence-electron chi connectivity index (χ1n) is 15.6. The maximum atomic E-state index is 13.6. The highest BCUT2D eigenvalue weighted by atomic mass is 35.5. The predicted octanol–water partition coefficient (Wildman–Crippen LogP) is 2.52. The largest absolute Gasteiger partial charge is 0.363 e. The molecule has 0 aliphatic carbocycles. The number of carbonyl (C=O) groups is 3. The summed E-state index contributed by atoms with van der Waals surface area (Å²) in [5.74, 6) is -0.341. The van der Waals surface area contributed by atoms with E-state index in [1.54, 1.807) is 19.4 Å². The Kier molecular flexibility index (Phi) is 13.0. The Morgan fingerprint density at radius 2 is 1.81 bits per heavy atom. The van der Waals surface area contributed by atoms with Gasteiger partial charge in [0.05, 0.1) is 11.1 Å². The maximum Gasteiger partial charge on any atom is 0.246 e. The van der Waals surface area contributed by atoms with Gasteiger partial charge in [-0.2, -0.15) is 0 Å². The third-order valence-corrected chi connectivity index (χ3v) is 9.73. The molecule has 3 aromatic rings. The summed E-state index contributed by atoms with van der Waals surface area (Å²) in [6, 6.07) is 9.10. The lowest BCUT2D eigenvalue weighted by Crippen LogP contribution is -2.58. The number of fused-ring (bicyclic) bond motifs is 2. The molecule has 1 aliphatic heterocycles. The van der Waals surface area contributed by atoms with Gasteiger partial charge in [-0.05, 0) is 72.8 Å². The number of pyridine rings is 2. The van der Waals surface area contributed by atoms with Gasteiger partial charge in [-0.15, -0.1) is 0 Å². The topological polar surface area (TPSA) is 172 Å². The number of aromatic nitrogens is 2. The summed E-state index contributed by atoms with van der Waals surface area (Å²) in [6.45, 7) is 2.57. The predicted molar refractivity (Wildman–Crippen MR) is 186 cm³/mol. The number of likely N-dealkylation sites (N-methyl/N-ethyl adjacent to an activating group) is 1. The second-order valence-electron chi connectivity index (χ2n) is 11.6. The molecule has 252 valence electrons. The molecule has 2 aromatic heterocycles. The van der Waals surface area contributed by atoms with Gasteiger partial charge in [0.2, 0.25) is 17.7 Å². The number of rotatable bonds is 7. The van der Waals surface area contributed by atoms with Crippen LogP contribution in [0.2, 0.25) is 5.02 Å². The quantitative estimate of drug-likeness (QED) is 0.250. The van der Waals surface area contributed by atoms with E-state index in [1.165, 1.54) is 16.7 Å². The fourth-order valence-electron chi connectivity index (χ4n) is 5.34. The smallest absolute Gasteiger partial charge is 0.246 e. The highest BCUT2D eigenvalue weighted by molar-refractivity contribution is 7.99. The van der Waals surface area contributed by atoms with Crippen molar-refractivity contribution in [3.8, 4) is 11.1 Å². The molecule has 0 saturated carbocycles. The van der Waals surface area contributed by atoms with Gasteiger partial charge >= 0.3 is 0 Å². The van der Waals surface area contributed by atoms with Crippen LogP contribution in [0, 0.1) is 0 Å². The van der Waals surface area contributed by atoms with Gasteiger partial charge in [0.25, 0.3) is 0 Å². The number of amides is 3. The van der Waals surface area contributed by atoms with Crippen molar-refractivity contribution in [2.45, 2.75) is 67.3 Å². The highest BCUT2D eigenvalue weighted by Crippen LogP contribution is 2.39. The molecule has 3 heterocycles. The zero-order chi connectivity index (χ0) is 34.1. The number of carbonyl (C=O) groups excluding carboxylic acids is 3. The minimum atomic E-state index is -1.01. The van der Waals surface area contributed by atoms with Crippen LogP contribution in [0.5, 0.6) is 0 Å². The van der Waals surface area contributed by atoms with Crippen LogP contribution in [-0.2, 0) is 27.5 Å². The molecule has 0 bridgehead atoms. The lowest BCUT2D eigenvalue weighted by atomic mass is 10.0. The van der Waals surface area contributed by atoms with Gasteiger partial charge < -0.3 is 37.2 Å². The zero-order valence-corrected chi connectivity index (χ0v) is 28.8. The van der Waals surface area contributed by atoms with E-state index in [2.05, 4.69) is 25.9 Å². The number of nitrogens with two attached hydrogens (primary N) is 2. The van der Waals surface area contributed by atoms with Crippen LogP contribution < -0.4 is 32.3 Å². The van der Waals surface area contributed by atoms with Crippen LogP contribution in [0.15, 0.2) is 58.7 Å². The maximum absolute atomic E-state index is 13.6. The Bertz CT molecular complexity index is 1560. The molecule has 0 spiro atoms. The first-order valence-corrected chi connectivity index (χ1v) is 16.8. The SMILES string of the molecule is CC[C@H]1C(=O)NCc2cc(-c3ccc(N(C)C)nc3)cc(Cl)c2Sc2ncccc2CN[C@@H](CCCN)C(=O)N[C@@H](CN)C(=O)N1C. The molecule has 14 heteroatoms. The number of nitrogens with one attached hydrogen (secondary N) is 3. The Labute approximate surface area is 285 Å². The van der Waals surface area contributed by atoms with Gasteiger partial charge in [0.1, 0.15) is 22.9 Å². The number of nitrogens with zero attached hydrogens (tertiary/aromatic N) is 4. The molecule has 1 aromatic carbocycles. The van der Waals surface area contributed by atoms with E-state index in [0.717, 1.165) is 33.0 Å². The van der Waals surface area contributed by atoms with Crippen molar-refractivity contribution in [3.05, 3.63) is 64.9 Å². The standard InChI is InChI=1S/C33H44ClN9O3S/c1-5-27-31(45)40-19-23-14-22(20-10-11-28(39-17-20)42(2)3)15-24(34)29(23)47-32-21(8-7-13-37-32)18-38-25(9-6-12-35)30(44)41-26(16-36)33(46)43(27)4/h7-8,10-11,13-15,17,25-27,38H,5-6,9,12,16,18-19,35-36H2,1-4H3,(H,40,45)(H,41,44)/t25-,26-,27-/m0/s1. The molecule has 0 saturated heterocycles. The summed E-state index contributed by atoms with van der Waals surface area (Å²) >= 11 is 8.39. The minimum absolute atomic E-state index is 0.126. The molecule has 1 aliphatic rings. The van der Waals surface area contributed by atoms with E-state index in [-0.39, 0.29) is 24.9 Å². The van der Waals surface area contributed by atoms with Crippen molar-refractivity contribution in [2.75, 3.05) is 39.1 Å². The molecule has 0 unspecified atom stereocenters. The summed E-state index contributed by atoms with van der Waals surface area (Å²) in [5, 5.41) is 10.3. The van der Waals surface area contributed by atoms with Crippen molar-refractivity contribution >= 4 is 46.9 Å². The van der Waals surface area contributed by atoms with Crippen LogP contribution in [-0.4, -0.2) is 84.9 Å². The summed E-state index contributed by atoms with van der Waals surface area (Å²) in [6.07, 6.45) is 4.89. The molecule has 3 atom stereocenters. The van der Waals surface area contributed by atoms with Gasteiger partial charge in [-0.1, -0.05) is 36.4 Å². The van der Waals surface area contributed by atoms with Crippen LogP contribution in [0.3, 0.4) is 0 Å². The Morgan fingerprint density at radius 1 is 1.02 bits per heavy atom. The van der Waals surface area contributed by atoms with E-state index in [1.807, 2.05) is 62.3 Å². The molecular formula is C33H44ClN9O3S. The first-order chi connectivity index (χ1) is 22.6. The number of hydrogen-bond acceptors (Lipinski definition) is 10. The number of benzene rings is 1. The average molecular weight is 682 g/mol. The van der Waals surface area contributed by atoms with E-state index in [4.69, 9.17) is 23.1 Å². The van der Waals surface area contributed by atoms with Gasteiger partial charge in [0.15, 0.2) is 0 Å². The molecule has 4 rings (SSSR count). The van der Waals surface area contributed by atoms with Crippen LogP contribution >= 0.6 is 23.4 Å². The van der Waals surface area contributed by atoms with Crippen molar-refractivity contribution in [2.24, 2.45) is 11.5 Å². The van der Waals surface area contributed by atoms with Gasteiger partial charge in [-0.25, -0.2) is 9.97 Å². The van der Waals surface area contributed by atoms with E-state index in [0.29, 0.717) is 42.4 Å². The summed E-state index contributed by atoms with van der Waals surface area (Å²) in [7, 11) is 5.41. The lowest BCUT2D eigenvalue weighted by Gasteiger charge is -2.30. The van der Waals surface area contributed by atoms with Crippen molar-refractivity contribution in [3.63, 3.8) is 0 Å². The first kappa shape index (κ1) is 36.1. The Morgan fingerprint density at radius 3 is 2.47 bits per heavy atom. The van der Waals surface area contributed by atoms with Crippen molar-refractivity contribution < 1.29 is 14.4 Å². The highest BCUT2D eigenvalue weighted by Gasteiger charge is 2.32. The molecule has 47 heavy (non-hydrogen) atoms. The normalized spacial score (nSPS) is 19.7. The second kappa shape index (κ2) is 16.9. The van der Waals surface area contributed by atoms with Gasteiger partial charge in [-0.3, -0.25) is 14.4 Å². The third-order valence-electron chi connectivity index (χ3n) is 8.07. The molecule has 12 nitrogen and oxygen atoms in total. The monoisotopic (exact) mass is 681 g/mol. The molecule has 7 N–H and O–H groups in total. The van der Waals surface area contributed by atoms with Crippen LogP contribution in [0.4, 0.5) is 5.82 Å². The van der Waals surface area contributed by atoms with Crippen LogP contribution in [0.25, 0.3) is 11.1 Å². The van der Waals surface area contributed by atoms with E-state index in [9.17, 15) is 14.4 Å². The fraction of sp³-hybridized carbons (Fsp3) is 0.424. The molecule has 3 amide bonds. The number of halogens is 1. The summed E-state index contributed by atoms with van der Waals surface area (Å²) in [5.41, 5.74) is 15.1. The van der Waals surface area contributed by atoms with E-state index < -0.39 is 24.0 Å². The average Bonchev–Trinajstić information content (AvgIpc) is 3.07. The molecular weight excluding hydrogens is 638 g/mol.